The number of likely N-dealkylation sites (N-methyl/N-ethyl adjacent to an activating group) is 2. The molecule has 3 heteroatoms. The summed E-state index contributed by atoms with van der Waals surface area (Å²) in [6, 6.07) is 10.7. The molecule has 1 unspecified atom stereocenters. The first-order valence-corrected chi connectivity index (χ1v) is 6.57. The Kier molecular flexibility index (Phi) is 4.35. The van der Waals surface area contributed by atoms with E-state index in [0.29, 0.717) is 6.04 Å². The molecule has 1 aromatic rings. The van der Waals surface area contributed by atoms with Crippen LogP contribution in [0.25, 0.3) is 0 Å². The van der Waals surface area contributed by atoms with E-state index in [1.165, 1.54) is 24.9 Å². The van der Waals surface area contributed by atoms with Crippen LogP contribution in [0.5, 0.6) is 0 Å². The van der Waals surface area contributed by atoms with Gasteiger partial charge in [-0.15, -0.1) is 0 Å². The molecule has 0 aromatic heterocycles. The van der Waals surface area contributed by atoms with E-state index < -0.39 is 0 Å². The minimum Gasteiger partial charge on any atom is -0.302 e. The van der Waals surface area contributed by atoms with Gasteiger partial charge in [0, 0.05) is 19.1 Å². The molecule has 1 heterocycles. The summed E-state index contributed by atoms with van der Waals surface area (Å²) >= 11 is 0. The lowest BCUT2D eigenvalue weighted by molar-refractivity contribution is 0.215. The van der Waals surface area contributed by atoms with E-state index in [0.717, 1.165) is 18.7 Å². The number of likely N-dealkylation sites (tertiary alicyclic amines) is 1. The Labute approximate surface area is 110 Å². The summed E-state index contributed by atoms with van der Waals surface area (Å²) in [5, 5.41) is 8.76. The predicted octanol–water partition coefficient (Wildman–Crippen LogP) is 2.08. The number of nitrogens with zero attached hydrogens (tertiary/aromatic N) is 3. The van der Waals surface area contributed by atoms with Crippen molar-refractivity contribution in [1.29, 1.82) is 5.26 Å². The van der Waals surface area contributed by atoms with Crippen LogP contribution in [0.3, 0.4) is 0 Å². The molecule has 2 rings (SSSR count). The average Bonchev–Trinajstić information content (AvgIpc) is 2.76. The van der Waals surface area contributed by atoms with E-state index in [2.05, 4.69) is 30.0 Å². The zero-order valence-electron chi connectivity index (χ0n) is 11.3. The lowest BCUT2D eigenvalue weighted by Gasteiger charge is -2.25. The molecule has 1 aromatic carbocycles. The van der Waals surface area contributed by atoms with Crippen LogP contribution < -0.4 is 0 Å². The molecule has 0 bridgehead atoms. The van der Waals surface area contributed by atoms with E-state index in [4.69, 9.17) is 5.26 Å². The highest BCUT2D eigenvalue weighted by Gasteiger charge is 2.21. The van der Waals surface area contributed by atoms with Crippen molar-refractivity contribution in [2.45, 2.75) is 25.4 Å². The van der Waals surface area contributed by atoms with Crippen molar-refractivity contribution >= 4 is 0 Å². The van der Waals surface area contributed by atoms with Gasteiger partial charge in [-0.25, -0.2) is 0 Å². The largest absolute Gasteiger partial charge is 0.302 e. The van der Waals surface area contributed by atoms with Gasteiger partial charge in [-0.1, -0.05) is 12.1 Å². The second-order valence-corrected chi connectivity index (χ2v) is 5.28. The Bertz CT molecular complexity index is 418. The van der Waals surface area contributed by atoms with E-state index in [1.807, 2.05) is 24.3 Å². The summed E-state index contributed by atoms with van der Waals surface area (Å²) in [7, 11) is 4.39. The minimum atomic E-state index is 0.702. The van der Waals surface area contributed by atoms with Gasteiger partial charge in [0.1, 0.15) is 0 Å². The maximum absolute atomic E-state index is 8.76. The number of nitriles is 1. The Hall–Kier alpha value is -1.37. The van der Waals surface area contributed by atoms with E-state index in [1.54, 1.807) is 0 Å². The molecule has 0 N–H and O–H groups in total. The van der Waals surface area contributed by atoms with Crippen molar-refractivity contribution in [3.63, 3.8) is 0 Å². The zero-order valence-corrected chi connectivity index (χ0v) is 11.3. The maximum atomic E-state index is 8.76. The van der Waals surface area contributed by atoms with Gasteiger partial charge in [0.2, 0.25) is 0 Å². The Morgan fingerprint density at radius 1 is 1.39 bits per heavy atom. The smallest absolute Gasteiger partial charge is 0.0991 e. The van der Waals surface area contributed by atoms with E-state index in [9.17, 15) is 0 Å². The number of hydrogen-bond acceptors (Lipinski definition) is 3. The first-order chi connectivity index (χ1) is 8.69. The first-order valence-electron chi connectivity index (χ1n) is 6.57. The lowest BCUT2D eigenvalue weighted by Crippen LogP contribution is -2.36. The van der Waals surface area contributed by atoms with Crippen LogP contribution in [0.15, 0.2) is 24.3 Å². The summed E-state index contributed by atoms with van der Waals surface area (Å²) in [6.45, 7) is 3.31. The molecule has 1 fully saturated rings. The quantitative estimate of drug-likeness (QED) is 0.811. The monoisotopic (exact) mass is 243 g/mol. The summed E-state index contributed by atoms with van der Waals surface area (Å²) < 4.78 is 0. The first kappa shape index (κ1) is 13.1. The lowest BCUT2D eigenvalue weighted by atomic mass is 10.1. The standard InChI is InChI=1S/C15H21N3/c1-17(12-15-4-3-9-18(15)2)11-14-7-5-13(10-16)6-8-14/h5-8,15H,3-4,9,11-12H2,1-2H3. The summed E-state index contributed by atoms with van der Waals surface area (Å²) in [5.41, 5.74) is 2.01. The molecule has 0 aliphatic carbocycles. The molecule has 0 saturated carbocycles. The fourth-order valence-corrected chi connectivity index (χ4v) is 2.63. The SMILES string of the molecule is CN(Cc1ccc(C#N)cc1)CC1CCCN1C. The van der Waals surface area contributed by atoms with Gasteiger partial charge in [0.05, 0.1) is 11.6 Å². The highest BCUT2D eigenvalue weighted by atomic mass is 15.2. The fraction of sp³-hybridized carbons (Fsp3) is 0.533. The summed E-state index contributed by atoms with van der Waals surface area (Å²) in [5.74, 6) is 0. The summed E-state index contributed by atoms with van der Waals surface area (Å²) in [6.07, 6.45) is 2.64. The molecule has 1 aliphatic heterocycles. The van der Waals surface area contributed by atoms with Gasteiger partial charge in [-0.2, -0.15) is 5.26 Å². The van der Waals surface area contributed by atoms with Crippen molar-refractivity contribution in [2.75, 3.05) is 27.2 Å². The van der Waals surface area contributed by atoms with Crippen molar-refractivity contribution in [1.82, 2.24) is 9.80 Å². The Balaban J connectivity index is 1.86. The van der Waals surface area contributed by atoms with Gasteiger partial charge in [0.15, 0.2) is 0 Å². The highest BCUT2D eigenvalue weighted by molar-refractivity contribution is 5.31. The van der Waals surface area contributed by atoms with Crippen molar-refractivity contribution < 1.29 is 0 Å². The third-order valence-corrected chi connectivity index (χ3v) is 3.73. The molecule has 0 amide bonds. The van der Waals surface area contributed by atoms with Crippen LogP contribution >= 0.6 is 0 Å². The van der Waals surface area contributed by atoms with Crippen LogP contribution in [0.1, 0.15) is 24.0 Å². The minimum absolute atomic E-state index is 0.702. The molecule has 18 heavy (non-hydrogen) atoms. The van der Waals surface area contributed by atoms with Crippen LogP contribution in [0.4, 0.5) is 0 Å². The van der Waals surface area contributed by atoms with Gasteiger partial charge in [0.25, 0.3) is 0 Å². The average molecular weight is 243 g/mol. The second kappa shape index (κ2) is 5.99. The van der Waals surface area contributed by atoms with E-state index >= 15 is 0 Å². The predicted molar refractivity (Wildman–Crippen MR) is 73.1 cm³/mol. The second-order valence-electron chi connectivity index (χ2n) is 5.28. The van der Waals surface area contributed by atoms with Crippen LogP contribution in [0.2, 0.25) is 0 Å². The van der Waals surface area contributed by atoms with Gasteiger partial charge >= 0.3 is 0 Å². The number of benzene rings is 1. The van der Waals surface area contributed by atoms with Gasteiger partial charge in [-0.05, 0) is 51.2 Å². The van der Waals surface area contributed by atoms with Gasteiger partial charge < -0.3 is 9.80 Å². The molecule has 0 radical (unpaired) electrons. The van der Waals surface area contributed by atoms with Crippen molar-refractivity contribution in [3.8, 4) is 6.07 Å². The molecule has 1 atom stereocenters. The van der Waals surface area contributed by atoms with Crippen LogP contribution in [0, 0.1) is 11.3 Å². The number of hydrogen-bond donors (Lipinski definition) is 0. The number of rotatable bonds is 4. The molecule has 1 aliphatic rings. The maximum Gasteiger partial charge on any atom is 0.0991 e. The molecule has 3 nitrogen and oxygen atoms in total. The topological polar surface area (TPSA) is 30.3 Å². The highest BCUT2D eigenvalue weighted by Crippen LogP contribution is 2.16. The Morgan fingerprint density at radius 2 is 2.11 bits per heavy atom. The molecule has 96 valence electrons. The third kappa shape index (κ3) is 3.32. The fourth-order valence-electron chi connectivity index (χ4n) is 2.63. The zero-order chi connectivity index (χ0) is 13.0. The third-order valence-electron chi connectivity index (χ3n) is 3.73. The molecular formula is C15H21N3. The van der Waals surface area contributed by atoms with Crippen LogP contribution in [-0.4, -0.2) is 43.0 Å². The van der Waals surface area contributed by atoms with E-state index in [-0.39, 0.29) is 0 Å². The van der Waals surface area contributed by atoms with Crippen LogP contribution in [-0.2, 0) is 6.54 Å². The molecular weight excluding hydrogens is 222 g/mol. The van der Waals surface area contributed by atoms with Crippen molar-refractivity contribution in [2.24, 2.45) is 0 Å². The van der Waals surface area contributed by atoms with Crippen molar-refractivity contribution in [3.05, 3.63) is 35.4 Å². The van der Waals surface area contributed by atoms with Gasteiger partial charge in [-0.3, -0.25) is 0 Å². The molecule has 1 saturated heterocycles. The molecule has 0 spiro atoms. The summed E-state index contributed by atoms with van der Waals surface area (Å²) in [4.78, 5) is 4.82. The Morgan fingerprint density at radius 3 is 2.67 bits per heavy atom. The normalized spacial score (nSPS) is 20.2.